The number of piperazine rings is 1. The van der Waals surface area contributed by atoms with Crippen LogP contribution < -0.4 is 24.2 Å². The minimum absolute atomic E-state index is 0.0498. The summed E-state index contributed by atoms with van der Waals surface area (Å²) in [5.41, 5.74) is 4.06. The third-order valence-corrected chi connectivity index (χ3v) is 6.72. The van der Waals surface area contributed by atoms with Gasteiger partial charge in [0.15, 0.2) is 17.5 Å². The molecule has 0 radical (unpaired) electrons. The molecule has 31 heavy (non-hydrogen) atoms. The number of nitrogens with zero attached hydrogens (tertiary/aromatic N) is 1. The van der Waals surface area contributed by atoms with Gasteiger partial charge in [-0.2, -0.15) is 0 Å². The van der Waals surface area contributed by atoms with Crippen molar-refractivity contribution in [2.24, 2.45) is 0 Å². The fourth-order valence-electron chi connectivity index (χ4n) is 5.05. The lowest BCUT2D eigenvalue weighted by atomic mass is 10.1. The average Bonchev–Trinajstić information content (AvgIpc) is 3.33. The van der Waals surface area contributed by atoms with Crippen LogP contribution in [0.5, 0.6) is 11.5 Å². The van der Waals surface area contributed by atoms with Crippen LogP contribution in [0.15, 0.2) is 36.4 Å². The second-order valence-electron chi connectivity index (χ2n) is 8.89. The zero-order valence-corrected chi connectivity index (χ0v) is 18.1. The van der Waals surface area contributed by atoms with Crippen LogP contribution in [0.1, 0.15) is 23.1 Å². The summed E-state index contributed by atoms with van der Waals surface area (Å²) in [5, 5.41) is 0. The molecule has 0 aliphatic carbocycles. The maximum atomic E-state index is 13.2. The van der Waals surface area contributed by atoms with Crippen molar-refractivity contribution in [2.75, 3.05) is 37.9 Å². The Morgan fingerprint density at radius 1 is 0.968 bits per heavy atom. The third-order valence-electron chi connectivity index (χ3n) is 6.72. The molecule has 2 saturated heterocycles. The van der Waals surface area contributed by atoms with E-state index in [1.54, 1.807) is 0 Å². The van der Waals surface area contributed by atoms with Gasteiger partial charge in [0, 0.05) is 5.56 Å². The van der Waals surface area contributed by atoms with E-state index in [-0.39, 0.29) is 17.9 Å². The van der Waals surface area contributed by atoms with Gasteiger partial charge in [-0.15, -0.1) is 0 Å². The lowest BCUT2D eigenvalue weighted by Crippen LogP contribution is -3.29. The molecule has 7 heteroatoms. The number of nitrogens with one attached hydrogen (secondary N) is 2. The van der Waals surface area contributed by atoms with E-state index in [1.807, 2.05) is 38.1 Å². The molecule has 162 valence electrons. The Hall–Kier alpha value is -2.90. The molecule has 2 N–H and O–H groups in total. The second kappa shape index (κ2) is 7.98. The fraction of sp³-hybridized carbons (Fsp3) is 0.417. The first-order valence-corrected chi connectivity index (χ1v) is 11.0. The van der Waals surface area contributed by atoms with Crippen LogP contribution in [0.25, 0.3) is 0 Å². The highest BCUT2D eigenvalue weighted by molar-refractivity contribution is 6.22. The molecule has 5 rings (SSSR count). The van der Waals surface area contributed by atoms with Crippen molar-refractivity contribution in [2.45, 2.75) is 32.9 Å². The van der Waals surface area contributed by atoms with Gasteiger partial charge in [0.25, 0.3) is 5.91 Å². The van der Waals surface area contributed by atoms with Crippen LogP contribution in [0.3, 0.4) is 0 Å². The van der Waals surface area contributed by atoms with E-state index in [0.717, 1.165) is 61.0 Å². The summed E-state index contributed by atoms with van der Waals surface area (Å²) >= 11 is 0. The molecule has 0 unspecified atom stereocenters. The predicted octanol–water partition coefficient (Wildman–Crippen LogP) is -0.352. The highest BCUT2D eigenvalue weighted by Crippen LogP contribution is 2.32. The van der Waals surface area contributed by atoms with Crippen molar-refractivity contribution in [1.29, 1.82) is 0 Å². The number of quaternary nitrogens is 2. The standard InChI is InChI=1S/C24H27N3O4/c1-16-3-5-19(17(2)11-16)27-23(28)13-20(24(27)29)26-9-7-25(8-10-26)14-18-4-6-21-22(12-18)31-15-30-21/h3-6,11-12,20H,7-10,13-15H2,1-2H3/p+2/t20-/m1/s1. The van der Waals surface area contributed by atoms with E-state index >= 15 is 0 Å². The van der Waals surface area contributed by atoms with E-state index in [0.29, 0.717) is 13.2 Å². The maximum absolute atomic E-state index is 13.2. The summed E-state index contributed by atoms with van der Waals surface area (Å²) in [5.74, 6) is 1.50. The summed E-state index contributed by atoms with van der Waals surface area (Å²) in [7, 11) is 0. The monoisotopic (exact) mass is 423 g/mol. The molecule has 3 aliphatic rings. The molecule has 0 spiro atoms. The molecule has 0 aromatic heterocycles. The summed E-state index contributed by atoms with van der Waals surface area (Å²) in [6.45, 7) is 8.94. The van der Waals surface area contributed by atoms with Crippen molar-refractivity contribution in [3.63, 3.8) is 0 Å². The maximum Gasteiger partial charge on any atom is 0.292 e. The number of imide groups is 1. The number of rotatable bonds is 4. The van der Waals surface area contributed by atoms with Crippen molar-refractivity contribution in [1.82, 2.24) is 0 Å². The van der Waals surface area contributed by atoms with Crippen LogP contribution in [0.4, 0.5) is 5.69 Å². The number of carbonyl (C=O) groups is 2. The molecule has 2 aromatic rings. The second-order valence-corrected chi connectivity index (χ2v) is 8.89. The molecule has 2 amide bonds. The molecule has 2 fully saturated rings. The number of amides is 2. The largest absolute Gasteiger partial charge is 0.454 e. The van der Waals surface area contributed by atoms with E-state index in [9.17, 15) is 9.59 Å². The van der Waals surface area contributed by atoms with Gasteiger partial charge < -0.3 is 19.3 Å². The molecular formula is C24H29N3O4+2. The third kappa shape index (κ3) is 3.79. The number of carbonyl (C=O) groups excluding carboxylic acids is 2. The summed E-state index contributed by atoms with van der Waals surface area (Å²) < 4.78 is 10.9. The number of benzene rings is 2. The smallest absolute Gasteiger partial charge is 0.292 e. The zero-order chi connectivity index (χ0) is 21.5. The first-order valence-electron chi connectivity index (χ1n) is 11.0. The van der Waals surface area contributed by atoms with Gasteiger partial charge >= 0.3 is 0 Å². The van der Waals surface area contributed by atoms with Gasteiger partial charge in [0.05, 0.1) is 12.1 Å². The van der Waals surface area contributed by atoms with E-state index in [4.69, 9.17) is 9.47 Å². The van der Waals surface area contributed by atoms with Gasteiger partial charge in [0.2, 0.25) is 12.7 Å². The molecule has 1 atom stereocenters. The molecule has 3 aliphatic heterocycles. The fourth-order valence-corrected chi connectivity index (χ4v) is 5.05. The molecule has 3 heterocycles. The Labute approximate surface area is 182 Å². The first kappa shape index (κ1) is 20.0. The Kier molecular flexibility index (Phi) is 5.16. The topological polar surface area (TPSA) is 64.7 Å². The lowest BCUT2D eigenvalue weighted by molar-refractivity contribution is -1.02. The number of anilines is 1. The van der Waals surface area contributed by atoms with Crippen molar-refractivity contribution in [3.05, 3.63) is 53.1 Å². The Balaban J connectivity index is 1.21. The average molecular weight is 424 g/mol. The Bertz CT molecular complexity index is 1030. The van der Waals surface area contributed by atoms with Crippen LogP contribution in [0.2, 0.25) is 0 Å². The number of hydrogen-bond donors (Lipinski definition) is 2. The number of fused-ring (bicyclic) bond motifs is 1. The number of ether oxygens (including phenoxy) is 2. The van der Waals surface area contributed by atoms with E-state index in [1.165, 1.54) is 20.3 Å². The summed E-state index contributed by atoms with van der Waals surface area (Å²) in [6.07, 6.45) is 0.305. The molecular weight excluding hydrogens is 394 g/mol. The minimum atomic E-state index is -0.264. The number of aryl methyl sites for hydroxylation is 2. The Morgan fingerprint density at radius 2 is 1.74 bits per heavy atom. The van der Waals surface area contributed by atoms with Gasteiger partial charge in [0.1, 0.15) is 32.7 Å². The van der Waals surface area contributed by atoms with E-state index < -0.39 is 0 Å². The molecule has 2 aromatic carbocycles. The van der Waals surface area contributed by atoms with Crippen LogP contribution in [-0.4, -0.2) is 50.8 Å². The zero-order valence-electron chi connectivity index (χ0n) is 18.1. The van der Waals surface area contributed by atoms with Crippen LogP contribution in [0, 0.1) is 13.8 Å². The SMILES string of the molecule is Cc1ccc(N2C(=O)C[C@@H]([NH+]3CC[NH+](Cc4ccc5c(c4)OCO5)CC3)C2=O)c(C)c1. The molecule has 0 bridgehead atoms. The Morgan fingerprint density at radius 3 is 2.52 bits per heavy atom. The highest BCUT2D eigenvalue weighted by atomic mass is 16.7. The van der Waals surface area contributed by atoms with Crippen LogP contribution in [-0.2, 0) is 16.1 Å². The molecule has 7 nitrogen and oxygen atoms in total. The van der Waals surface area contributed by atoms with Crippen molar-refractivity contribution in [3.8, 4) is 11.5 Å². The quantitative estimate of drug-likeness (QED) is 0.660. The number of hydrogen-bond acceptors (Lipinski definition) is 4. The van der Waals surface area contributed by atoms with E-state index in [2.05, 4.69) is 12.1 Å². The van der Waals surface area contributed by atoms with Gasteiger partial charge in [-0.1, -0.05) is 17.7 Å². The normalized spacial score (nSPS) is 25.4. The van der Waals surface area contributed by atoms with Gasteiger partial charge in [-0.25, -0.2) is 4.90 Å². The first-order chi connectivity index (χ1) is 15.0. The van der Waals surface area contributed by atoms with Gasteiger partial charge in [-0.3, -0.25) is 9.59 Å². The highest BCUT2D eigenvalue weighted by Gasteiger charge is 2.47. The van der Waals surface area contributed by atoms with Gasteiger partial charge in [-0.05, 0) is 43.7 Å². The lowest BCUT2D eigenvalue weighted by Gasteiger charge is -2.32. The predicted molar refractivity (Wildman–Crippen MR) is 114 cm³/mol. The summed E-state index contributed by atoms with van der Waals surface area (Å²) in [6, 6.07) is 11.8. The van der Waals surface area contributed by atoms with Crippen LogP contribution >= 0.6 is 0 Å². The van der Waals surface area contributed by atoms with Crippen molar-refractivity contribution < 1.29 is 28.9 Å². The molecule has 0 saturated carbocycles. The van der Waals surface area contributed by atoms with Crippen molar-refractivity contribution >= 4 is 17.5 Å². The minimum Gasteiger partial charge on any atom is -0.454 e. The summed E-state index contributed by atoms with van der Waals surface area (Å²) in [4.78, 5) is 30.1.